The Balaban J connectivity index is 1.94. The molecule has 0 aliphatic carbocycles. The third kappa shape index (κ3) is 3.32. The third-order valence-corrected chi connectivity index (χ3v) is 4.46. The summed E-state index contributed by atoms with van der Waals surface area (Å²) in [4.78, 5) is 28.9. The molecule has 1 aromatic carbocycles. The maximum atomic E-state index is 11.5. The van der Waals surface area contributed by atoms with E-state index in [4.69, 9.17) is 5.11 Å². The van der Waals surface area contributed by atoms with E-state index in [1.54, 1.807) is 11.0 Å². The Hall–Kier alpha value is -2.93. The molecule has 0 bridgehead atoms. The van der Waals surface area contributed by atoms with Gasteiger partial charge in [0.1, 0.15) is 11.4 Å². The molecule has 0 amide bonds. The van der Waals surface area contributed by atoms with Crippen LogP contribution in [0.2, 0.25) is 0 Å². The number of pyridine rings is 1. The van der Waals surface area contributed by atoms with Crippen LogP contribution in [0.4, 0.5) is 5.82 Å². The summed E-state index contributed by atoms with van der Waals surface area (Å²) in [5.41, 5.74) is -0.212. The molecule has 0 unspecified atom stereocenters. The van der Waals surface area contributed by atoms with E-state index in [1.165, 1.54) is 6.07 Å². The van der Waals surface area contributed by atoms with Crippen molar-refractivity contribution in [1.29, 1.82) is 0 Å². The largest absolute Gasteiger partial charge is 0.479 e. The van der Waals surface area contributed by atoms with Gasteiger partial charge in [0.15, 0.2) is 5.60 Å². The van der Waals surface area contributed by atoms with Crippen LogP contribution in [0.25, 0.3) is 11.3 Å². The van der Waals surface area contributed by atoms with Gasteiger partial charge < -0.3 is 20.2 Å². The number of piperidine rings is 1. The number of aliphatic hydroxyl groups is 1. The van der Waals surface area contributed by atoms with Crippen LogP contribution >= 0.6 is 0 Å². The third-order valence-electron chi connectivity index (χ3n) is 4.46. The van der Waals surface area contributed by atoms with Gasteiger partial charge in [-0.15, -0.1) is 0 Å². The van der Waals surface area contributed by atoms with E-state index in [-0.39, 0.29) is 31.5 Å². The summed E-state index contributed by atoms with van der Waals surface area (Å²) in [5, 5.41) is 28.6. The van der Waals surface area contributed by atoms with Gasteiger partial charge in [0, 0.05) is 31.5 Å². The molecule has 3 N–H and O–H groups in total. The molecule has 2 aromatic rings. The molecule has 1 aromatic heterocycles. The monoisotopic (exact) mass is 342 g/mol. The predicted molar refractivity (Wildman–Crippen MR) is 90.7 cm³/mol. The van der Waals surface area contributed by atoms with Crippen molar-refractivity contribution in [2.45, 2.75) is 18.4 Å². The molecule has 0 radical (unpaired) electrons. The number of benzene rings is 1. The van der Waals surface area contributed by atoms with E-state index in [0.29, 0.717) is 11.5 Å². The first-order valence-corrected chi connectivity index (χ1v) is 7.91. The summed E-state index contributed by atoms with van der Waals surface area (Å²) >= 11 is 0. The highest BCUT2D eigenvalue weighted by Crippen LogP contribution is 2.30. The number of nitrogens with zero attached hydrogens (tertiary/aromatic N) is 2. The molecule has 130 valence electrons. The number of aromatic nitrogens is 1. The lowest BCUT2D eigenvalue weighted by Gasteiger charge is -2.36. The molecule has 1 fully saturated rings. The smallest absolute Gasteiger partial charge is 0.339 e. The van der Waals surface area contributed by atoms with E-state index >= 15 is 0 Å². The first-order chi connectivity index (χ1) is 11.9. The van der Waals surface area contributed by atoms with Gasteiger partial charge in [-0.25, -0.2) is 14.6 Å². The Morgan fingerprint density at radius 2 is 1.64 bits per heavy atom. The van der Waals surface area contributed by atoms with Crippen LogP contribution in [-0.4, -0.2) is 50.9 Å². The fraction of sp³-hybridized carbons (Fsp3) is 0.278. The Bertz CT molecular complexity index is 798. The first kappa shape index (κ1) is 16.9. The zero-order chi connectivity index (χ0) is 18.0. The second-order valence-corrected chi connectivity index (χ2v) is 6.06. The number of anilines is 1. The minimum atomic E-state index is -1.77. The summed E-state index contributed by atoms with van der Waals surface area (Å²) in [6.45, 7) is 0.433. The Kier molecular flexibility index (Phi) is 4.41. The number of carboxylic acids is 2. The minimum absolute atomic E-state index is 0.0125. The van der Waals surface area contributed by atoms with Gasteiger partial charge in [-0.2, -0.15) is 0 Å². The van der Waals surface area contributed by atoms with Crippen molar-refractivity contribution in [3.8, 4) is 11.3 Å². The highest BCUT2D eigenvalue weighted by atomic mass is 16.4. The highest BCUT2D eigenvalue weighted by molar-refractivity contribution is 5.94. The van der Waals surface area contributed by atoms with Crippen LogP contribution in [0.3, 0.4) is 0 Å². The van der Waals surface area contributed by atoms with Crippen molar-refractivity contribution in [3.05, 3.63) is 48.0 Å². The number of aliphatic carboxylic acids is 1. The lowest BCUT2D eigenvalue weighted by molar-refractivity contribution is -0.160. The van der Waals surface area contributed by atoms with Gasteiger partial charge in [-0.3, -0.25) is 0 Å². The van der Waals surface area contributed by atoms with Crippen LogP contribution in [-0.2, 0) is 4.79 Å². The van der Waals surface area contributed by atoms with E-state index in [0.717, 1.165) is 5.56 Å². The summed E-state index contributed by atoms with van der Waals surface area (Å²) in [6.07, 6.45) is 0.0251. The van der Waals surface area contributed by atoms with Gasteiger partial charge in [0.25, 0.3) is 0 Å². The molecule has 7 nitrogen and oxygen atoms in total. The van der Waals surface area contributed by atoms with Crippen molar-refractivity contribution in [2.75, 3.05) is 18.0 Å². The van der Waals surface area contributed by atoms with E-state index in [1.807, 2.05) is 30.3 Å². The van der Waals surface area contributed by atoms with Crippen LogP contribution in [0.5, 0.6) is 0 Å². The molecule has 0 atom stereocenters. The fourth-order valence-electron chi connectivity index (χ4n) is 2.93. The average Bonchev–Trinajstić information content (AvgIpc) is 2.62. The number of carbonyl (C=O) groups is 2. The predicted octanol–water partition coefficient (Wildman–Crippen LogP) is 1.86. The average molecular weight is 342 g/mol. The lowest BCUT2D eigenvalue weighted by Crippen LogP contribution is -2.49. The van der Waals surface area contributed by atoms with Crippen molar-refractivity contribution < 1.29 is 24.9 Å². The quantitative estimate of drug-likeness (QED) is 0.777. The SMILES string of the molecule is O=C(O)c1ccc(-c2ccccc2)nc1N1CCC(O)(C(=O)O)CC1. The van der Waals surface area contributed by atoms with Crippen molar-refractivity contribution in [1.82, 2.24) is 4.98 Å². The standard InChI is InChI=1S/C18H18N2O5/c21-16(22)13-6-7-14(12-4-2-1-3-5-12)19-15(13)20-10-8-18(25,9-11-20)17(23)24/h1-7,25H,8-11H2,(H,21,22)(H,23,24). The second-order valence-electron chi connectivity index (χ2n) is 6.06. The molecule has 2 heterocycles. The number of hydrogen-bond acceptors (Lipinski definition) is 5. The van der Waals surface area contributed by atoms with E-state index in [9.17, 15) is 19.8 Å². The minimum Gasteiger partial charge on any atom is -0.479 e. The zero-order valence-corrected chi connectivity index (χ0v) is 13.4. The molecule has 0 spiro atoms. The van der Waals surface area contributed by atoms with Crippen LogP contribution in [0, 0.1) is 0 Å². The highest BCUT2D eigenvalue weighted by Gasteiger charge is 2.40. The van der Waals surface area contributed by atoms with Gasteiger partial charge in [0.2, 0.25) is 0 Å². The topological polar surface area (TPSA) is 111 Å². The molecule has 1 saturated heterocycles. The molecule has 3 rings (SSSR count). The second kappa shape index (κ2) is 6.52. The summed E-state index contributed by atoms with van der Waals surface area (Å²) in [5.74, 6) is -2.06. The lowest BCUT2D eigenvalue weighted by atomic mass is 9.91. The summed E-state index contributed by atoms with van der Waals surface area (Å²) in [7, 11) is 0. The molecule has 1 aliphatic heterocycles. The maximum absolute atomic E-state index is 11.5. The van der Waals surface area contributed by atoms with Crippen molar-refractivity contribution in [3.63, 3.8) is 0 Å². The van der Waals surface area contributed by atoms with E-state index < -0.39 is 17.5 Å². The number of hydrogen-bond donors (Lipinski definition) is 3. The Morgan fingerprint density at radius 3 is 2.20 bits per heavy atom. The first-order valence-electron chi connectivity index (χ1n) is 7.91. The number of carboxylic acid groups (broad SMARTS) is 2. The molecular weight excluding hydrogens is 324 g/mol. The van der Waals surface area contributed by atoms with Crippen LogP contribution < -0.4 is 4.90 Å². The van der Waals surface area contributed by atoms with Crippen LogP contribution in [0.15, 0.2) is 42.5 Å². The maximum Gasteiger partial charge on any atom is 0.339 e. The summed E-state index contributed by atoms with van der Waals surface area (Å²) < 4.78 is 0. The van der Waals surface area contributed by atoms with Gasteiger partial charge >= 0.3 is 11.9 Å². The summed E-state index contributed by atoms with van der Waals surface area (Å²) in [6, 6.07) is 12.5. The van der Waals surface area contributed by atoms with Gasteiger partial charge in [-0.05, 0) is 12.1 Å². The van der Waals surface area contributed by atoms with E-state index in [2.05, 4.69) is 4.98 Å². The Labute approximate surface area is 144 Å². The molecule has 0 saturated carbocycles. The van der Waals surface area contributed by atoms with Crippen molar-refractivity contribution >= 4 is 17.8 Å². The van der Waals surface area contributed by atoms with Crippen molar-refractivity contribution in [2.24, 2.45) is 0 Å². The molecule has 7 heteroatoms. The number of aromatic carboxylic acids is 1. The Morgan fingerprint density at radius 1 is 1.00 bits per heavy atom. The number of rotatable bonds is 4. The normalized spacial score (nSPS) is 16.4. The molecule has 1 aliphatic rings. The van der Waals surface area contributed by atoms with Crippen LogP contribution in [0.1, 0.15) is 23.2 Å². The van der Waals surface area contributed by atoms with Gasteiger partial charge in [-0.1, -0.05) is 30.3 Å². The zero-order valence-electron chi connectivity index (χ0n) is 13.4. The molecular formula is C18H18N2O5. The fourth-order valence-corrected chi connectivity index (χ4v) is 2.93. The molecule has 25 heavy (non-hydrogen) atoms. The van der Waals surface area contributed by atoms with Gasteiger partial charge in [0.05, 0.1) is 5.69 Å².